The van der Waals surface area contributed by atoms with E-state index in [1.165, 1.54) is 11.1 Å². The predicted molar refractivity (Wildman–Crippen MR) is 140 cm³/mol. The van der Waals surface area contributed by atoms with Crippen molar-refractivity contribution < 1.29 is 35.9 Å². The molecule has 1 aliphatic heterocycles. The first-order chi connectivity index (χ1) is 19.2. The quantitative estimate of drug-likeness (QED) is 0.437. The highest BCUT2D eigenvalue weighted by atomic mass is 35.5. The van der Waals surface area contributed by atoms with Crippen LogP contribution in [0.3, 0.4) is 0 Å². The van der Waals surface area contributed by atoms with Crippen molar-refractivity contribution in [3.05, 3.63) is 52.3 Å². The number of aromatic nitrogens is 1. The van der Waals surface area contributed by atoms with Gasteiger partial charge < -0.3 is 15.0 Å². The molecule has 1 aromatic carbocycles. The fourth-order valence-corrected chi connectivity index (χ4v) is 7.38. The minimum absolute atomic E-state index is 0.236. The lowest BCUT2D eigenvalue weighted by Crippen LogP contribution is -2.51. The number of rotatable bonds is 8. The van der Waals surface area contributed by atoms with Crippen molar-refractivity contribution in [3.8, 4) is 11.8 Å². The van der Waals surface area contributed by atoms with E-state index in [4.69, 9.17) is 23.2 Å². The van der Waals surface area contributed by atoms with Crippen molar-refractivity contribution in [1.82, 2.24) is 15.2 Å². The Kier molecular flexibility index (Phi) is 7.41. The first-order valence-electron chi connectivity index (χ1n) is 12.6. The highest BCUT2D eigenvalue weighted by molar-refractivity contribution is 7.92. The number of nitrogens with zero attached hydrogens (tertiary/aromatic N) is 3. The Morgan fingerprint density at radius 1 is 1.17 bits per heavy atom. The number of nitrogens with one attached hydrogen (secondary N) is 1. The Hall–Kier alpha value is -3.08. The van der Waals surface area contributed by atoms with Crippen molar-refractivity contribution >= 4 is 44.9 Å². The number of benzene rings is 1. The summed E-state index contributed by atoms with van der Waals surface area (Å²) in [6.07, 6.45) is -1.58. The van der Waals surface area contributed by atoms with Gasteiger partial charge >= 0.3 is 6.18 Å². The van der Waals surface area contributed by atoms with E-state index in [0.717, 1.165) is 18.2 Å². The molecule has 9 nitrogen and oxygen atoms in total. The van der Waals surface area contributed by atoms with Gasteiger partial charge in [0.05, 0.1) is 26.7 Å². The van der Waals surface area contributed by atoms with E-state index in [0.29, 0.717) is 31.2 Å². The van der Waals surface area contributed by atoms with Crippen molar-refractivity contribution in [1.29, 1.82) is 5.26 Å². The molecule has 2 saturated carbocycles. The molecule has 2 aromatic rings. The molecule has 0 bridgehead atoms. The second-order valence-corrected chi connectivity index (χ2v) is 13.5. The second kappa shape index (κ2) is 10.3. The van der Waals surface area contributed by atoms with Gasteiger partial charge in [-0.1, -0.05) is 29.3 Å². The van der Waals surface area contributed by atoms with Crippen molar-refractivity contribution in [3.63, 3.8) is 0 Å². The van der Waals surface area contributed by atoms with Crippen LogP contribution in [-0.4, -0.2) is 66.3 Å². The molecule has 2 aliphatic carbocycles. The SMILES string of the molecule is N#CC1(NC(=O)[C@H]2CC(S(=O)(=O)c3ccc(OCC(F)(F)F)cc3Cl)CN2C(=O)C2(c3ccc(Cl)nc3)CC2)CC1. The summed E-state index contributed by atoms with van der Waals surface area (Å²) < 4.78 is 69.6. The standard InChI is InChI=1S/C26H23Cl2F3N4O5S/c27-18-9-16(40-14-26(29,30)31)2-3-20(18)41(38,39)17-10-19(22(36)34-24(13-32)5-6-24)35(12-17)23(37)25(7-8-25)15-1-4-21(28)33-11-15/h1-4,9,11,17,19H,5-8,10,12,14H2,(H,34,36)/t17?,19-/m1/s1. The number of halogens is 5. The fourth-order valence-electron chi connectivity index (χ4n) is 5.04. The first-order valence-corrected chi connectivity index (χ1v) is 14.9. The Morgan fingerprint density at radius 2 is 1.88 bits per heavy atom. The minimum atomic E-state index is -4.60. The lowest BCUT2D eigenvalue weighted by molar-refractivity contribution is -0.153. The molecule has 41 heavy (non-hydrogen) atoms. The Balaban J connectivity index is 1.43. The normalized spacial score (nSPS) is 22.5. The molecule has 1 unspecified atom stereocenters. The van der Waals surface area contributed by atoms with Gasteiger partial charge in [0.25, 0.3) is 0 Å². The van der Waals surface area contributed by atoms with E-state index in [1.807, 2.05) is 0 Å². The van der Waals surface area contributed by atoms with Gasteiger partial charge in [-0.05, 0) is 55.9 Å². The van der Waals surface area contributed by atoms with Gasteiger partial charge in [-0.15, -0.1) is 0 Å². The lowest BCUT2D eigenvalue weighted by Gasteiger charge is -2.29. The number of pyridine rings is 1. The Bertz CT molecular complexity index is 1540. The van der Waals surface area contributed by atoms with E-state index >= 15 is 0 Å². The van der Waals surface area contributed by atoms with Gasteiger partial charge in [0.1, 0.15) is 22.5 Å². The molecule has 0 radical (unpaired) electrons. The zero-order valence-electron chi connectivity index (χ0n) is 21.2. The monoisotopic (exact) mass is 630 g/mol. The third kappa shape index (κ3) is 5.82. The maximum Gasteiger partial charge on any atom is 0.422 e. The molecule has 5 rings (SSSR count). The first kappa shape index (κ1) is 29.4. The molecular formula is C26H23Cl2F3N4O5S. The van der Waals surface area contributed by atoms with Crippen LogP contribution in [0, 0.1) is 11.3 Å². The topological polar surface area (TPSA) is 129 Å². The predicted octanol–water partition coefficient (Wildman–Crippen LogP) is 3.98. The smallest absolute Gasteiger partial charge is 0.422 e. The molecule has 2 amide bonds. The van der Waals surface area contributed by atoms with E-state index in [1.54, 1.807) is 12.1 Å². The summed E-state index contributed by atoms with van der Waals surface area (Å²) >= 11 is 12.1. The number of amides is 2. The second-order valence-electron chi connectivity index (χ2n) is 10.5. The van der Waals surface area contributed by atoms with Gasteiger partial charge in [0.15, 0.2) is 16.4 Å². The number of carbonyl (C=O) groups excluding carboxylic acids is 2. The number of nitriles is 1. The molecule has 218 valence electrons. The van der Waals surface area contributed by atoms with Crippen LogP contribution in [0.1, 0.15) is 37.7 Å². The number of carbonyl (C=O) groups is 2. The summed E-state index contributed by atoms with van der Waals surface area (Å²) in [5, 5.41) is 10.7. The summed E-state index contributed by atoms with van der Waals surface area (Å²) in [7, 11) is -4.27. The van der Waals surface area contributed by atoms with Crippen LogP contribution >= 0.6 is 23.2 Å². The fraction of sp³-hybridized carbons (Fsp3) is 0.462. The number of likely N-dealkylation sites (tertiary alicyclic amines) is 1. The van der Waals surface area contributed by atoms with Crippen LogP contribution in [0.15, 0.2) is 41.4 Å². The summed E-state index contributed by atoms with van der Waals surface area (Å²) in [6, 6.07) is 7.14. The number of sulfone groups is 1. The van der Waals surface area contributed by atoms with Crippen LogP contribution in [0.5, 0.6) is 5.75 Å². The van der Waals surface area contributed by atoms with Crippen LogP contribution in [-0.2, 0) is 24.8 Å². The summed E-state index contributed by atoms with van der Waals surface area (Å²) in [6.45, 7) is -1.91. The summed E-state index contributed by atoms with van der Waals surface area (Å²) in [5.74, 6) is -1.35. The van der Waals surface area contributed by atoms with Crippen LogP contribution < -0.4 is 10.1 Å². The number of alkyl halides is 3. The molecule has 3 fully saturated rings. The molecule has 2 heterocycles. The summed E-state index contributed by atoms with van der Waals surface area (Å²) in [4.78, 5) is 32.2. The average molecular weight is 631 g/mol. The zero-order chi connectivity index (χ0) is 29.8. The molecule has 1 saturated heterocycles. The van der Waals surface area contributed by atoms with Gasteiger partial charge in [0, 0.05) is 18.8 Å². The molecule has 1 N–H and O–H groups in total. The van der Waals surface area contributed by atoms with E-state index in [-0.39, 0.29) is 33.8 Å². The van der Waals surface area contributed by atoms with Gasteiger partial charge in [-0.25, -0.2) is 13.4 Å². The molecule has 1 aromatic heterocycles. The molecule has 0 spiro atoms. The Labute approximate surface area is 243 Å². The van der Waals surface area contributed by atoms with Gasteiger partial charge in [-0.2, -0.15) is 18.4 Å². The highest BCUT2D eigenvalue weighted by Gasteiger charge is 2.58. The minimum Gasteiger partial charge on any atom is -0.484 e. The molecule has 2 atom stereocenters. The van der Waals surface area contributed by atoms with Gasteiger partial charge in [0.2, 0.25) is 11.8 Å². The number of ether oxygens (including phenoxy) is 1. The van der Waals surface area contributed by atoms with Crippen LogP contribution in [0.4, 0.5) is 13.2 Å². The number of hydrogen-bond acceptors (Lipinski definition) is 7. The van der Waals surface area contributed by atoms with E-state index in [2.05, 4.69) is 21.1 Å². The summed E-state index contributed by atoms with van der Waals surface area (Å²) in [5.41, 5.74) is -1.45. The van der Waals surface area contributed by atoms with Crippen LogP contribution in [0.2, 0.25) is 10.2 Å². The average Bonchev–Trinajstić information content (AvgIpc) is 3.83. The van der Waals surface area contributed by atoms with Crippen molar-refractivity contribution in [2.45, 2.75) is 65.4 Å². The van der Waals surface area contributed by atoms with Gasteiger partial charge in [-0.3, -0.25) is 9.59 Å². The lowest BCUT2D eigenvalue weighted by atomic mass is 9.95. The number of hydrogen-bond donors (Lipinski definition) is 1. The van der Waals surface area contributed by atoms with E-state index < -0.39 is 56.7 Å². The largest absolute Gasteiger partial charge is 0.484 e. The van der Waals surface area contributed by atoms with Crippen LogP contribution in [0.25, 0.3) is 0 Å². The maximum absolute atomic E-state index is 13.9. The highest BCUT2D eigenvalue weighted by Crippen LogP contribution is 2.51. The van der Waals surface area contributed by atoms with E-state index in [9.17, 15) is 36.4 Å². The third-order valence-corrected chi connectivity index (χ3v) is 10.5. The molecule has 15 heteroatoms. The zero-order valence-corrected chi connectivity index (χ0v) is 23.6. The third-order valence-electron chi connectivity index (χ3n) is 7.64. The van der Waals surface area contributed by atoms with Crippen molar-refractivity contribution in [2.75, 3.05) is 13.2 Å². The maximum atomic E-state index is 13.9. The molecule has 3 aliphatic rings. The molecular weight excluding hydrogens is 608 g/mol. The Morgan fingerprint density at radius 3 is 2.41 bits per heavy atom. The van der Waals surface area contributed by atoms with Crippen molar-refractivity contribution in [2.24, 2.45) is 0 Å².